The summed E-state index contributed by atoms with van der Waals surface area (Å²) in [6, 6.07) is 66.5. The molecule has 4 heteroatoms. The number of hydrogen-bond donors (Lipinski definition) is 1. The molecule has 0 spiro atoms. The molecule has 2 heterocycles. The van der Waals surface area contributed by atoms with Crippen LogP contribution in [0.5, 0.6) is 11.5 Å². The predicted molar refractivity (Wildman–Crippen MR) is 218 cm³/mol. The van der Waals surface area contributed by atoms with E-state index in [0.717, 1.165) is 61.7 Å². The highest BCUT2D eigenvalue weighted by Gasteiger charge is 2.26. The van der Waals surface area contributed by atoms with E-state index in [1.54, 1.807) is 0 Å². The van der Waals surface area contributed by atoms with Crippen molar-refractivity contribution in [2.75, 3.05) is 5.32 Å². The van der Waals surface area contributed by atoms with Gasteiger partial charge in [0.2, 0.25) is 7.28 Å². The molecule has 1 aliphatic rings. The number of nitrogens with zero attached hydrogens (tertiary/aromatic N) is 1. The highest BCUT2D eigenvalue weighted by molar-refractivity contribution is 6.71. The third-order valence-corrected chi connectivity index (χ3v) is 10.1. The van der Waals surface area contributed by atoms with Crippen LogP contribution in [0.15, 0.2) is 188 Å². The van der Waals surface area contributed by atoms with Crippen LogP contribution in [0.1, 0.15) is 0 Å². The average molecular weight is 664 g/mol. The molecule has 0 atom stereocenters. The van der Waals surface area contributed by atoms with Gasteiger partial charge in [-0.1, -0.05) is 133 Å². The zero-order valence-corrected chi connectivity index (χ0v) is 28.3. The lowest BCUT2D eigenvalue weighted by atomic mass is 9.59. The van der Waals surface area contributed by atoms with Crippen LogP contribution in [0.3, 0.4) is 0 Å². The number of anilines is 2. The zero-order valence-electron chi connectivity index (χ0n) is 28.3. The molecule has 3 nitrogen and oxygen atoms in total. The average Bonchev–Trinajstić information content (AvgIpc) is 3.55. The van der Waals surface area contributed by atoms with E-state index in [-0.39, 0.29) is 0 Å². The lowest BCUT2D eigenvalue weighted by Crippen LogP contribution is -2.35. The van der Waals surface area contributed by atoms with Crippen LogP contribution in [0.4, 0.5) is 11.4 Å². The first kappa shape index (κ1) is 30.1. The van der Waals surface area contributed by atoms with Crippen LogP contribution in [-0.4, -0.2) is 11.8 Å². The van der Waals surface area contributed by atoms with Crippen molar-refractivity contribution in [1.29, 1.82) is 0 Å². The molecule has 0 fully saturated rings. The first-order valence-electron chi connectivity index (χ1n) is 17.7. The van der Waals surface area contributed by atoms with Gasteiger partial charge in [0.05, 0.1) is 11.0 Å². The van der Waals surface area contributed by atoms with Gasteiger partial charge >= 0.3 is 0 Å². The summed E-state index contributed by atoms with van der Waals surface area (Å²) in [5, 5.41) is 6.17. The monoisotopic (exact) mass is 663 g/mol. The highest BCUT2D eigenvalue weighted by atomic mass is 16.5. The Morgan fingerprint density at radius 1 is 0.442 bits per heavy atom. The second kappa shape index (κ2) is 12.5. The minimum Gasteiger partial charge on any atom is -0.458 e. The van der Waals surface area contributed by atoms with Crippen molar-refractivity contribution >= 4 is 51.4 Å². The first-order valence-corrected chi connectivity index (χ1v) is 17.7. The van der Waals surface area contributed by atoms with E-state index in [1.807, 2.05) is 6.07 Å². The van der Waals surface area contributed by atoms with Crippen molar-refractivity contribution in [2.24, 2.45) is 0 Å². The fourth-order valence-electron chi connectivity index (χ4n) is 7.69. The number of para-hydroxylation sites is 4. The second-order valence-corrected chi connectivity index (χ2v) is 13.2. The molecule has 0 bridgehead atoms. The summed E-state index contributed by atoms with van der Waals surface area (Å²) in [6.45, 7) is 0. The van der Waals surface area contributed by atoms with Gasteiger partial charge in [-0.25, -0.2) is 0 Å². The second-order valence-electron chi connectivity index (χ2n) is 13.2. The molecule has 243 valence electrons. The van der Waals surface area contributed by atoms with Crippen LogP contribution in [0.2, 0.25) is 0 Å². The lowest BCUT2D eigenvalue weighted by Gasteiger charge is -2.26. The van der Waals surface area contributed by atoms with Gasteiger partial charge in [-0.15, -0.1) is 0 Å². The number of hydrogen-bond acceptors (Lipinski definition) is 2. The van der Waals surface area contributed by atoms with Gasteiger partial charge in [-0.05, 0) is 87.3 Å². The molecule has 0 saturated heterocycles. The third-order valence-electron chi connectivity index (χ3n) is 10.1. The Balaban J connectivity index is 1.15. The molecular formula is C48H32BN2O. The number of benzene rings is 8. The first-order chi connectivity index (χ1) is 25.8. The Morgan fingerprint density at radius 3 is 1.77 bits per heavy atom. The van der Waals surface area contributed by atoms with Gasteiger partial charge in [-0.3, -0.25) is 0 Å². The fraction of sp³-hybridized carbons (Fsp3) is 0. The minimum atomic E-state index is 0.830. The van der Waals surface area contributed by atoms with E-state index >= 15 is 0 Å². The minimum absolute atomic E-state index is 0.830. The van der Waals surface area contributed by atoms with E-state index in [4.69, 9.17) is 4.74 Å². The molecule has 1 radical (unpaired) electrons. The fourth-order valence-corrected chi connectivity index (χ4v) is 7.69. The molecule has 1 N–H and O–H groups in total. The van der Waals surface area contributed by atoms with Gasteiger partial charge in [0.1, 0.15) is 11.5 Å². The number of ether oxygens (including phenoxy) is 1. The predicted octanol–water partition coefficient (Wildman–Crippen LogP) is 11.3. The molecule has 10 rings (SSSR count). The van der Waals surface area contributed by atoms with Crippen molar-refractivity contribution in [3.8, 4) is 50.6 Å². The van der Waals surface area contributed by atoms with Gasteiger partial charge in [0.15, 0.2) is 0 Å². The topological polar surface area (TPSA) is 26.2 Å². The van der Waals surface area contributed by atoms with Gasteiger partial charge in [0.25, 0.3) is 0 Å². The molecule has 1 aromatic heterocycles. The van der Waals surface area contributed by atoms with E-state index in [2.05, 4.69) is 199 Å². The Bertz CT molecular complexity index is 2720. The number of aromatic nitrogens is 1. The largest absolute Gasteiger partial charge is 0.458 e. The van der Waals surface area contributed by atoms with E-state index in [1.165, 1.54) is 32.9 Å². The third kappa shape index (κ3) is 5.16. The summed E-state index contributed by atoms with van der Waals surface area (Å²) >= 11 is 0. The zero-order chi connectivity index (χ0) is 34.4. The summed E-state index contributed by atoms with van der Waals surface area (Å²) in [7, 11) is 2.28. The smallest absolute Gasteiger partial charge is 0.202 e. The van der Waals surface area contributed by atoms with Crippen LogP contribution < -0.4 is 21.0 Å². The van der Waals surface area contributed by atoms with Crippen LogP contribution in [0, 0.1) is 0 Å². The SMILES string of the molecule is [B]1c2ccc(-n3c4ccccc4c4ccccc43)cc2Oc2cc(-c3ccccc3-c3ccccc3)cc(-c3ccccc3Nc3ccccc3)c21. The number of nitrogens with one attached hydrogen (secondary N) is 1. The van der Waals surface area contributed by atoms with Crippen molar-refractivity contribution < 1.29 is 4.74 Å². The van der Waals surface area contributed by atoms with Crippen molar-refractivity contribution in [3.63, 3.8) is 0 Å². The van der Waals surface area contributed by atoms with Crippen LogP contribution in [-0.2, 0) is 0 Å². The van der Waals surface area contributed by atoms with Gasteiger partial charge in [0, 0.05) is 39.5 Å². The maximum Gasteiger partial charge on any atom is 0.202 e. The number of rotatable bonds is 6. The van der Waals surface area contributed by atoms with E-state index in [9.17, 15) is 0 Å². The molecule has 52 heavy (non-hydrogen) atoms. The number of fused-ring (bicyclic) bond motifs is 5. The molecular weight excluding hydrogens is 631 g/mol. The Hall–Kier alpha value is -6.78. The molecule has 8 aromatic carbocycles. The molecule has 0 aliphatic carbocycles. The Labute approximate surface area is 303 Å². The molecule has 9 aromatic rings. The summed E-state index contributed by atoms with van der Waals surface area (Å²) < 4.78 is 9.34. The van der Waals surface area contributed by atoms with E-state index in [0.29, 0.717) is 0 Å². The van der Waals surface area contributed by atoms with Crippen LogP contribution in [0.25, 0.3) is 60.9 Å². The summed E-state index contributed by atoms with van der Waals surface area (Å²) in [5.41, 5.74) is 14.4. The summed E-state index contributed by atoms with van der Waals surface area (Å²) in [5.74, 6) is 1.67. The molecule has 0 unspecified atom stereocenters. The van der Waals surface area contributed by atoms with Crippen molar-refractivity contribution in [3.05, 3.63) is 188 Å². The molecule has 0 amide bonds. The quantitative estimate of drug-likeness (QED) is 0.179. The maximum absolute atomic E-state index is 7.00. The Kier molecular flexibility index (Phi) is 7.25. The normalized spacial score (nSPS) is 11.8. The van der Waals surface area contributed by atoms with E-state index < -0.39 is 0 Å². The standard InChI is InChI=1S/C48H32BN2O/c1-3-15-32(16-4-1)36-19-7-8-20-37(36)33-29-41(38-21-9-12-24-43(38)50-34-17-5-2-6-18-34)48-47(30-33)52-46-31-35(27-28-42(46)49-48)51-44-25-13-10-22-39(44)40-23-11-14-26-45(40)51/h1-31,50H. The molecule has 1 aliphatic heterocycles. The molecule has 0 saturated carbocycles. The summed E-state index contributed by atoms with van der Waals surface area (Å²) in [6.07, 6.45) is 0. The summed E-state index contributed by atoms with van der Waals surface area (Å²) in [4.78, 5) is 0. The highest BCUT2D eigenvalue weighted by Crippen LogP contribution is 2.40. The van der Waals surface area contributed by atoms with Crippen molar-refractivity contribution in [1.82, 2.24) is 4.57 Å². The van der Waals surface area contributed by atoms with Gasteiger partial charge in [-0.2, -0.15) is 0 Å². The Morgan fingerprint density at radius 2 is 1.04 bits per heavy atom. The lowest BCUT2D eigenvalue weighted by molar-refractivity contribution is 0.488. The van der Waals surface area contributed by atoms with Crippen molar-refractivity contribution in [2.45, 2.75) is 0 Å². The van der Waals surface area contributed by atoms with Crippen LogP contribution >= 0.6 is 0 Å². The maximum atomic E-state index is 7.00. The van der Waals surface area contributed by atoms with Gasteiger partial charge < -0.3 is 14.6 Å².